The van der Waals surface area contributed by atoms with Gasteiger partial charge < -0.3 is 9.47 Å². The zero-order chi connectivity index (χ0) is 19.6. The number of rotatable bonds is 5. The summed E-state index contributed by atoms with van der Waals surface area (Å²) >= 11 is 5.95. The number of aromatic nitrogens is 1. The third-order valence-corrected chi connectivity index (χ3v) is 6.47. The van der Waals surface area contributed by atoms with Gasteiger partial charge in [0.15, 0.2) is 15.6 Å². The Kier molecular flexibility index (Phi) is 5.72. The van der Waals surface area contributed by atoms with Gasteiger partial charge in [-0.2, -0.15) is 0 Å². The molecule has 0 spiro atoms. The molecule has 1 aliphatic rings. The topological polar surface area (TPSA) is 82.6 Å². The first-order chi connectivity index (χ1) is 12.8. The van der Waals surface area contributed by atoms with Crippen molar-refractivity contribution in [2.45, 2.75) is 30.4 Å². The van der Waals surface area contributed by atoms with Crippen molar-refractivity contribution >= 4 is 27.2 Å². The van der Waals surface area contributed by atoms with Crippen LogP contribution in [-0.4, -0.2) is 32.9 Å². The Morgan fingerprint density at radius 1 is 1.33 bits per heavy atom. The van der Waals surface area contributed by atoms with Crippen molar-refractivity contribution in [3.63, 3.8) is 0 Å². The standard InChI is InChI=1S/C19H20ClNO5S/c1-3-12-7-16(22)15-6-13(9-21-19(15)26-10-12)11-27(23,24)18-8-14(20)4-5-17(18)25-2/h4-6,8-9,12H,3,7,10-11H2,1-2H3/t12-/m1/s1. The number of ketones is 1. The van der Waals surface area contributed by atoms with Crippen LogP contribution in [0.15, 0.2) is 35.4 Å². The Morgan fingerprint density at radius 2 is 2.11 bits per heavy atom. The average Bonchev–Trinajstić information content (AvgIpc) is 2.80. The van der Waals surface area contributed by atoms with Crippen molar-refractivity contribution < 1.29 is 22.7 Å². The average molecular weight is 410 g/mol. The first-order valence-electron chi connectivity index (χ1n) is 8.55. The van der Waals surface area contributed by atoms with Crippen LogP contribution in [0.4, 0.5) is 0 Å². The van der Waals surface area contributed by atoms with E-state index >= 15 is 0 Å². The molecule has 0 aliphatic carbocycles. The van der Waals surface area contributed by atoms with Gasteiger partial charge in [0, 0.05) is 23.6 Å². The molecule has 144 valence electrons. The molecule has 1 aromatic heterocycles. The fourth-order valence-electron chi connectivity index (χ4n) is 2.97. The molecule has 0 amide bonds. The third kappa shape index (κ3) is 4.25. The summed E-state index contributed by atoms with van der Waals surface area (Å²) in [6.45, 7) is 2.43. The van der Waals surface area contributed by atoms with Crippen molar-refractivity contribution in [1.82, 2.24) is 4.98 Å². The van der Waals surface area contributed by atoms with Gasteiger partial charge >= 0.3 is 0 Å². The molecule has 0 radical (unpaired) electrons. The van der Waals surface area contributed by atoms with Crippen LogP contribution in [0.3, 0.4) is 0 Å². The van der Waals surface area contributed by atoms with E-state index in [4.69, 9.17) is 21.1 Å². The van der Waals surface area contributed by atoms with Crippen molar-refractivity contribution in [2.24, 2.45) is 5.92 Å². The van der Waals surface area contributed by atoms with E-state index < -0.39 is 9.84 Å². The summed E-state index contributed by atoms with van der Waals surface area (Å²) in [7, 11) is -2.35. The minimum absolute atomic E-state index is 0.000987. The highest BCUT2D eigenvalue weighted by Gasteiger charge is 2.26. The Morgan fingerprint density at radius 3 is 2.81 bits per heavy atom. The number of methoxy groups -OCH3 is 1. The number of hydrogen-bond acceptors (Lipinski definition) is 6. The molecular weight excluding hydrogens is 390 g/mol. The van der Waals surface area contributed by atoms with E-state index in [9.17, 15) is 13.2 Å². The van der Waals surface area contributed by atoms with Gasteiger partial charge in [0.25, 0.3) is 0 Å². The van der Waals surface area contributed by atoms with Crippen LogP contribution in [-0.2, 0) is 15.6 Å². The predicted octanol–water partition coefficient (Wildman–Crippen LogP) is 3.71. The maximum Gasteiger partial charge on any atom is 0.224 e. The van der Waals surface area contributed by atoms with Crippen LogP contribution in [0.25, 0.3) is 0 Å². The third-order valence-electron chi connectivity index (χ3n) is 4.53. The first-order valence-corrected chi connectivity index (χ1v) is 10.6. The lowest BCUT2D eigenvalue weighted by molar-refractivity contribution is 0.0960. The zero-order valence-electron chi connectivity index (χ0n) is 15.1. The summed E-state index contributed by atoms with van der Waals surface area (Å²) in [6.07, 6.45) is 2.62. The number of benzene rings is 1. The molecule has 0 N–H and O–H groups in total. The number of ether oxygens (including phenoxy) is 2. The van der Waals surface area contributed by atoms with Crippen LogP contribution in [0.1, 0.15) is 35.7 Å². The van der Waals surface area contributed by atoms with Crippen molar-refractivity contribution in [3.8, 4) is 11.6 Å². The quantitative estimate of drug-likeness (QED) is 0.748. The van der Waals surface area contributed by atoms with Crippen molar-refractivity contribution in [3.05, 3.63) is 46.6 Å². The number of hydrogen-bond donors (Lipinski definition) is 0. The molecule has 2 aromatic rings. The Balaban J connectivity index is 1.93. The molecule has 3 rings (SSSR count). The van der Waals surface area contributed by atoms with Gasteiger partial charge in [-0.25, -0.2) is 13.4 Å². The highest BCUT2D eigenvalue weighted by Crippen LogP contribution is 2.31. The predicted molar refractivity (Wildman–Crippen MR) is 101 cm³/mol. The number of carbonyl (C=O) groups excluding carboxylic acids is 1. The van der Waals surface area contributed by atoms with Gasteiger partial charge in [-0.05, 0) is 36.2 Å². The molecule has 0 saturated carbocycles. The summed E-state index contributed by atoms with van der Waals surface area (Å²) in [5.74, 6) is 0.204. The molecule has 8 heteroatoms. The number of fused-ring (bicyclic) bond motifs is 1. The minimum atomic E-state index is -3.75. The highest BCUT2D eigenvalue weighted by atomic mass is 35.5. The lowest BCUT2D eigenvalue weighted by Gasteiger charge is -2.11. The molecular formula is C19H20ClNO5S. The number of carbonyl (C=O) groups is 1. The number of nitrogens with zero attached hydrogens (tertiary/aromatic N) is 1. The second kappa shape index (κ2) is 7.86. The fourth-order valence-corrected chi connectivity index (χ4v) is 4.72. The second-order valence-electron chi connectivity index (χ2n) is 6.46. The van der Waals surface area contributed by atoms with Gasteiger partial charge in [0.1, 0.15) is 10.6 Å². The van der Waals surface area contributed by atoms with E-state index in [0.717, 1.165) is 6.42 Å². The van der Waals surface area contributed by atoms with Crippen molar-refractivity contribution in [1.29, 1.82) is 0 Å². The summed E-state index contributed by atoms with van der Waals surface area (Å²) < 4.78 is 36.5. The molecule has 0 bridgehead atoms. The van der Waals surface area contributed by atoms with E-state index in [-0.39, 0.29) is 34.0 Å². The minimum Gasteiger partial charge on any atom is -0.495 e. The number of pyridine rings is 1. The number of halogens is 1. The maximum atomic E-state index is 12.9. The van der Waals surface area contributed by atoms with Gasteiger partial charge in [0.05, 0.1) is 25.0 Å². The van der Waals surface area contributed by atoms with Crippen LogP contribution in [0, 0.1) is 5.92 Å². The molecule has 0 saturated heterocycles. The van der Waals surface area contributed by atoms with E-state index in [1.807, 2.05) is 6.92 Å². The lowest BCUT2D eigenvalue weighted by atomic mass is 9.98. The van der Waals surface area contributed by atoms with E-state index in [1.54, 1.807) is 12.1 Å². The van der Waals surface area contributed by atoms with Crippen LogP contribution >= 0.6 is 11.6 Å². The van der Waals surface area contributed by atoms with E-state index in [1.165, 1.54) is 25.4 Å². The van der Waals surface area contributed by atoms with Crippen molar-refractivity contribution in [2.75, 3.05) is 13.7 Å². The van der Waals surface area contributed by atoms with Gasteiger partial charge in [0.2, 0.25) is 5.88 Å². The maximum absolute atomic E-state index is 12.9. The normalized spacial score (nSPS) is 17.0. The Hall–Kier alpha value is -2.12. The fraction of sp³-hybridized carbons (Fsp3) is 0.368. The largest absolute Gasteiger partial charge is 0.495 e. The Labute approximate surface area is 163 Å². The number of sulfone groups is 1. The van der Waals surface area contributed by atoms with Gasteiger partial charge in [-0.15, -0.1) is 0 Å². The molecule has 2 heterocycles. The first kappa shape index (κ1) is 19.6. The summed E-state index contributed by atoms with van der Waals surface area (Å²) in [5, 5.41) is 0.295. The van der Waals surface area contributed by atoms with Crippen LogP contribution in [0.2, 0.25) is 5.02 Å². The molecule has 27 heavy (non-hydrogen) atoms. The summed E-state index contributed by atoms with van der Waals surface area (Å²) in [4.78, 5) is 16.7. The van der Waals surface area contributed by atoms with E-state index in [0.29, 0.717) is 29.2 Å². The van der Waals surface area contributed by atoms with E-state index in [2.05, 4.69) is 4.98 Å². The summed E-state index contributed by atoms with van der Waals surface area (Å²) in [6, 6.07) is 5.97. The molecule has 1 aromatic carbocycles. The zero-order valence-corrected chi connectivity index (χ0v) is 16.6. The smallest absolute Gasteiger partial charge is 0.224 e. The number of Topliss-reactive ketones (excluding diaryl/α,β-unsaturated/α-hetero) is 1. The monoisotopic (exact) mass is 409 g/mol. The van der Waals surface area contributed by atoms with Gasteiger partial charge in [-0.1, -0.05) is 18.5 Å². The molecule has 1 atom stereocenters. The molecule has 0 fully saturated rings. The molecule has 0 unspecified atom stereocenters. The molecule has 6 nitrogen and oxygen atoms in total. The SMILES string of the molecule is CC[C@H]1COc2ncc(CS(=O)(=O)c3cc(Cl)ccc3OC)cc2C(=O)C1. The second-order valence-corrected chi connectivity index (χ2v) is 8.86. The molecule has 1 aliphatic heterocycles. The van der Waals surface area contributed by atoms with Crippen LogP contribution < -0.4 is 9.47 Å². The Bertz CT molecular complexity index is 974. The lowest BCUT2D eigenvalue weighted by Crippen LogP contribution is -2.11. The van der Waals surface area contributed by atoms with Crippen LogP contribution in [0.5, 0.6) is 11.6 Å². The summed E-state index contributed by atoms with van der Waals surface area (Å²) in [5.41, 5.74) is 0.736. The van der Waals surface area contributed by atoms with Gasteiger partial charge in [-0.3, -0.25) is 4.79 Å². The highest BCUT2D eigenvalue weighted by molar-refractivity contribution is 7.90.